The molecule has 7 nitrogen and oxygen atoms in total. The normalized spacial score (nSPS) is 17.5. The van der Waals surface area contributed by atoms with Crippen LogP contribution in [0, 0.1) is 0 Å². The summed E-state index contributed by atoms with van der Waals surface area (Å²) in [5.74, 6) is 1.50. The summed E-state index contributed by atoms with van der Waals surface area (Å²) < 4.78 is 10.9. The fraction of sp³-hybridized carbons (Fsp3) is 0.400. The Bertz CT molecular complexity index is 625. The Kier molecular flexibility index (Phi) is 3.95. The van der Waals surface area contributed by atoms with E-state index in [1.54, 1.807) is 23.1 Å². The minimum Gasteiger partial charge on any atom is -0.471 e. The van der Waals surface area contributed by atoms with Crippen molar-refractivity contribution in [3.8, 4) is 5.88 Å². The highest BCUT2D eigenvalue weighted by atomic mass is 16.5. The van der Waals surface area contributed by atoms with Crippen LogP contribution < -0.4 is 9.64 Å². The van der Waals surface area contributed by atoms with Gasteiger partial charge in [0.25, 0.3) is 5.91 Å². The van der Waals surface area contributed by atoms with E-state index in [0.29, 0.717) is 24.7 Å². The molecular weight excluding hydrogens is 284 g/mol. The Hall–Kier alpha value is -2.57. The average Bonchev–Trinajstić information content (AvgIpc) is 3.19. The fourth-order valence-corrected chi connectivity index (χ4v) is 2.35. The van der Waals surface area contributed by atoms with Gasteiger partial charge < -0.3 is 19.0 Å². The summed E-state index contributed by atoms with van der Waals surface area (Å²) in [5, 5.41) is 8.12. The van der Waals surface area contributed by atoms with E-state index in [1.807, 2.05) is 25.1 Å². The van der Waals surface area contributed by atoms with Crippen LogP contribution in [0.25, 0.3) is 0 Å². The molecule has 7 heteroatoms. The van der Waals surface area contributed by atoms with Crippen molar-refractivity contribution in [3.63, 3.8) is 0 Å². The molecule has 2 aromatic rings. The van der Waals surface area contributed by atoms with Crippen LogP contribution in [0.5, 0.6) is 5.88 Å². The van der Waals surface area contributed by atoms with E-state index in [2.05, 4.69) is 10.2 Å². The van der Waals surface area contributed by atoms with Crippen LogP contribution in [-0.2, 0) is 0 Å². The van der Waals surface area contributed by atoms with E-state index in [1.165, 1.54) is 6.26 Å². The van der Waals surface area contributed by atoms with Gasteiger partial charge in [-0.15, -0.1) is 10.2 Å². The van der Waals surface area contributed by atoms with Crippen molar-refractivity contribution < 1.29 is 13.9 Å². The molecule has 0 radical (unpaired) electrons. The number of carbonyl (C=O) groups is 1. The number of hydrogen-bond donors (Lipinski definition) is 0. The fourth-order valence-electron chi connectivity index (χ4n) is 2.35. The number of ether oxygens (including phenoxy) is 1. The lowest BCUT2D eigenvalue weighted by atomic mass is 10.3. The van der Waals surface area contributed by atoms with Gasteiger partial charge in [-0.1, -0.05) is 0 Å². The second kappa shape index (κ2) is 6.05. The van der Waals surface area contributed by atoms with Gasteiger partial charge in [0.1, 0.15) is 6.10 Å². The molecule has 1 fully saturated rings. The van der Waals surface area contributed by atoms with Crippen LogP contribution in [0.2, 0.25) is 0 Å². The highest BCUT2D eigenvalue weighted by Crippen LogP contribution is 2.19. The number of likely N-dealkylation sites (tertiary alicyclic amines) is 1. The lowest BCUT2D eigenvalue weighted by Gasteiger charge is -2.16. The Balaban J connectivity index is 1.58. The molecule has 116 valence electrons. The molecule has 1 atom stereocenters. The summed E-state index contributed by atoms with van der Waals surface area (Å²) >= 11 is 0. The number of hydrogen-bond acceptors (Lipinski definition) is 6. The van der Waals surface area contributed by atoms with Crippen LogP contribution in [0.4, 0.5) is 5.82 Å². The topological polar surface area (TPSA) is 71.7 Å². The van der Waals surface area contributed by atoms with Crippen LogP contribution in [0.15, 0.2) is 34.9 Å². The third-order valence-electron chi connectivity index (χ3n) is 3.54. The molecule has 3 heterocycles. The van der Waals surface area contributed by atoms with Crippen LogP contribution in [0.1, 0.15) is 17.0 Å². The maximum absolute atomic E-state index is 12.2. The van der Waals surface area contributed by atoms with E-state index >= 15 is 0 Å². The van der Waals surface area contributed by atoms with Crippen molar-refractivity contribution in [1.82, 2.24) is 15.1 Å². The molecule has 1 aliphatic rings. The first-order chi connectivity index (χ1) is 10.6. The van der Waals surface area contributed by atoms with E-state index in [0.717, 1.165) is 12.2 Å². The van der Waals surface area contributed by atoms with Crippen molar-refractivity contribution in [2.45, 2.75) is 12.5 Å². The van der Waals surface area contributed by atoms with Gasteiger partial charge in [0, 0.05) is 33.1 Å². The van der Waals surface area contributed by atoms with Crippen molar-refractivity contribution in [1.29, 1.82) is 0 Å². The van der Waals surface area contributed by atoms with Crippen LogP contribution in [-0.4, -0.2) is 54.3 Å². The van der Waals surface area contributed by atoms with Gasteiger partial charge >= 0.3 is 0 Å². The first kappa shape index (κ1) is 14.4. The molecule has 0 aliphatic carbocycles. The summed E-state index contributed by atoms with van der Waals surface area (Å²) in [6, 6.07) is 7.02. The second-order valence-electron chi connectivity index (χ2n) is 5.38. The molecule has 0 saturated carbocycles. The third-order valence-corrected chi connectivity index (χ3v) is 3.54. The number of furan rings is 1. The molecule has 1 amide bonds. The van der Waals surface area contributed by atoms with Gasteiger partial charge in [-0.3, -0.25) is 4.79 Å². The van der Waals surface area contributed by atoms with Crippen molar-refractivity contribution in [3.05, 3.63) is 36.3 Å². The van der Waals surface area contributed by atoms with E-state index in [-0.39, 0.29) is 12.0 Å². The summed E-state index contributed by atoms with van der Waals surface area (Å²) in [4.78, 5) is 15.8. The van der Waals surface area contributed by atoms with Gasteiger partial charge in [-0.05, 0) is 18.2 Å². The molecular formula is C15H18N4O3. The molecule has 1 saturated heterocycles. The number of amides is 1. The number of aromatic nitrogens is 2. The van der Waals surface area contributed by atoms with E-state index in [4.69, 9.17) is 9.15 Å². The standard InChI is InChI=1S/C15H18N4O3/c1-18(2)13-5-6-14(17-16-13)22-11-7-8-19(10-11)15(20)12-4-3-9-21-12/h3-6,9,11H,7-8,10H2,1-2H3/t11-/m1/s1. The second-order valence-corrected chi connectivity index (χ2v) is 5.38. The molecule has 3 rings (SSSR count). The van der Waals surface area contributed by atoms with Gasteiger partial charge in [-0.25, -0.2) is 0 Å². The molecule has 0 bridgehead atoms. The number of rotatable bonds is 4. The third kappa shape index (κ3) is 3.03. The number of anilines is 1. The van der Waals surface area contributed by atoms with Gasteiger partial charge in [0.15, 0.2) is 11.6 Å². The predicted molar refractivity (Wildman–Crippen MR) is 80.0 cm³/mol. The van der Waals surface area contributed by atoms with Gasteiger partial charge in [-0.2, -0.15) is 0 Å². The van der Waals surface area contributed by atoms with Crippen molar-refractivity contribution in [2.75, 3.05) is 32.1 Å². The van der Waals surface area contributed by atoms with Crippen molar-refractivity contribution >= 4 is 11.7 Å². The molecule has 0 unspecified atom stereocenters. The zero-order chi connectivity index (χ0) is 15.5. The van der Waals surface area contributed by atoms with E-state index < -0.39 is 0 Å². The number of nitrogens with zero attached hydrogens (tertiary/aromatic N) is 4. The van der Waals surface area contributed by atoms with E-state index in [9.17, 15) is 4.79 Å². The maximum Gasteiger partial charge on any atom is 0.289 e. The Morgan fingerprint density at radius 3 is 2.86 bits per heavy atom. The lowest BCUT2D eigenvalue weighted by Crippen LogP contribution is -2.30. The Labute approximate surface area is 128 Å². The zero-order valence-electron chi connectivity index (χ0n) is 12.6. The SMILES string of the molecule is CN(C)c1ccc(O[C@@H]2CCN(C(=O)c3ccco3)C2)nn1. The first-order valence-corrected chi connectivity index (χ1v) is 7.14. The molecule has 22 heavy (non-hydrogen) atoms. The predicted octanol–water partition coefficient (Wildman–Crippen LogP) is 1.43. The van der Waals surface area contributed by atoms with Gasteiger partial charge in [0.2, 0.25) is 5.88 Å². The highest BCUT2D eigenvalue weighted by molar-refractivity contribution is 5.91. The molecule has 0 aromatic carbocycles. The highest BCUT2D eigenvalue weighted by Gasteiger charge is 2.29. The minimum absolute atomic E-state index is 0.0709. The Morgan fingerprint density at radius 1 is 1.36 bits per heavy atom. The smallest absolute Gasteiger partial charge is 0.289 e. The van der Waals surface area contributed by atoms with Gasteiger partial charge in [0.05, 0.1) is 12.8 Å². The largest absolute Gasteiger partial charge is 0.471 e. The van der Waals surface area contributed by atoms with Crippen LogP contribution >= 0.6 is 0 Å². The lowest BCUT2D eigenvalue weighted by molar-refractivity contribution is 0.0739. The monoisotopic (exact) mass is 302 g/mol. The average molecular weight is 302 g/mol. The molecule has 1 aliphatic heterocycles. The zero-order valence-corrected chi connectivity index (χ0v) is 12.6. The number of carbonyl (C=O) groups excluding carboxylic acids is 1. The first-order valence-electron chi connectivity index (χ1n) is 7.14. The van der Waals surface area contributed by atoms with Crippen molar-refractivity contribution in [2.24, 2.45) is 0 Å². The summed E-state index contributed by atoms with van der Waals surface area (Å²) in [5.41, 5.74) is 0. The minimum atomic E-state index is -0.106. The van der Waals surface area contributed by atoms with Crippen LogP contribution in [0.3, 0.4) is 0 Å². The quantitative estimate of drug-likeness (QED) is 0.851. The molecule has 0 N–H and O–H groups in total. The summed E-state index contributed by atoms with van der Waals surface area (Å²) in [6.07, 6.45) is 2.20. The Morgan fingerprint density at radius 2 is 2.23 bits per heavy atom. The summed E-state index contributed by atoms with van der Waals surface area (Å²) in [6.45, 7) is 1.17. The molecule has 0 spiro atoms. The summed E-state index contributed by atoms with van der Waals surface area (Å²) in [7, 11) is 3.80. The molecule has 2 aromatic heterocycles. The maximum atomic E-state index is 12.2.